The van der Waals surface area contributed by atoms with Crippen molar-refractivity contribution in [2.45, 2.75) is 182 Å². The molecule has 24 heteroatoms. The van der Waals surface area contributed by atoms with Gasteiger partial charge >= 0.3 is 12.2 Å². The number of β-amino-alcohol motifs (C(OH)–C–C–N with tert-alkyl or cyclic N) is 2. The van der Waals surface area contributed by atoms with Crippen molar-refractivity contribution in [3.05, 3.63) is 117 Å². The van der Waals surface area contributed by atoms with Gasteiger partial charge in [0, 0.05) is 38.1 Å². The average molecular weight is 1220 g/mol. The normalized spacial score (nSPS) is 18.4. The molecule has 6 aromatic rings. The monoisotopic (exact) mass is 1220 g/mol. The van der Waals surface area contributed by atoms with Crippen LogP contribution in [0.2, 0.25) is 0 Å². The molecule has 2 aromatic carbocycles. The number of rotatable bonds is 18. The molecule has 2 fully saturated rings. The molecule has 86 heavy (non-hydrogen) atoms. The number of nitrogens with zero attached hydrogens (tertiary/aromatic N) is 6. The van der Waals surface area contributed by atoms with Gasteiger partial charge in [0.05, 0.1) is 69.5 Å². The van der Waals surface area contributed by atoms with E-state index in [-0.39, 0.29) is 86.6 Å². The van der Waals surface area contributed by atoms with Crippen LogP contribution in [0.3, 0.4) is 0 Å². The molecule has 2 saturated heterocycles. The summed E-state index contributed by atoms with van der Waals surface area (Å²) >= 11 is 3.16. The Morgan fingerprint density at radius 2 is 0.942 bits per heavy atom. The van der Waals surface area contributed by atoms with Crippen LogP contribution in [0.25, 0.3) is 20.9 Å². The Morgan fingerprint density at radius 3 is 1.24 bits per heavy atom. The highest BCUT2D eigenvalue weighted by Crippen LogP contribution is 2.35. The number of carbonyl (C=O) groups is 6. The number of aromatic nitrogens is 4. The quantitative estimate of drug-likeness (QED) is 0.0467. The lowest BCUT2D eigenvalue weighted by molar-refractivity contribution is -0.141. The van der Waals surface area contributed by atoms with E-state index in [4.69, 9.17) is 18.5 Å². The first-order chi connectivity index (χ1) is 40.5. The molecule has 0 saturated carbocycles. The smallest absolute Gasteiger partial charge is 0.407 e. The largest absolute Gasteiger partial charge is 0.444 e. The van der Waals surface area contributed by atoms with Crippen LogP contribution in [0.1, 0.15) is 165 Å². The number of hydrogen-bond acceptors (Lipinski definition) is 18. The van der Waals surface area contributed by atoms with Gasteiger partial charge in [-0.2, -0.15) is 0 Å². The van der Waals surface area contributed by atoms with Crippen LogP contribution in [-0.4, -0.2) is 125 Å². The second-order valence-corrected chi connectivity index (χ2v) is 26.3. The van der Waals surface area contributed by atoms with Gasteiger partial charge in [0.25, 0.3) is 0 Å². The summed E-state index contributed by atoms with van der Waals surface area (Å²) in [6, 6.07) is 16.9. The number of alkyl carbamates (subject to hydrolysis) is 2. The minimum Gasteiger partial charge on any atom is -0.444 e. The molecule has 0 aliphatic carbocycles. The third-order valence-corrected chi connectivity index (χ3v) is 16.5. The molecule has 4 aromatic heterocycles. The molecule has 8 atom stereocenters. The predicted molar refractivity (Wildman–Crippen MR) is 324 cm³/mol. The fourth-order valence-electron chi connectivity index (χ4n) is 10.3. The highest BCUT2D eigenvalue weighted by Gasteiger charge is 2.45. The molecule has 0 radical (unpaired) electrons. The molecule has 1 unspecified atom stereocenters. The maximum absolute atomic E-state index is 13.9. The number of amides is 6. The van der Waals surface area contributed by atoms with Gasteiger partial charge in [-0.1, -0.05) is 86.5 Å². The molecule has 2 aliphatic heterocycles. The van der Waals surface area contributed by atoms with Crippen LogP contribution in [0.4, 0.5) is 9.59 Å². The van der Waals surface area contributed by atoms with Gasteiger partial charge in [0.15, 0.2) is 0 Å². The van der Waals surface area contributed by atoms with Gasteiger partial charge in [-0.25, -0.2) is 19.6 Å². The van der Waals surface area contributed by atoms with Crippen molar-refractivity contribution in [2.75, 3.05) is 13.1 Å². The van der Waals surface area contributed by atoms with E-state index in [0.29, 0.717) is 22.9 Å². The number of benzene rings is 2. The number of hydrogen-bond donors (Lipinski definition) is 6. The Balaban J connectivity index is 0.000000246. The summed E-state index contributed by atoms with van der Waals surface area (Å²) in [7, 11) is 0. The Labute approximate surface area is 510 Å². The zero-order valence-corrected chi connectivity index (χ0v) is 53.1. The minimum absolute atomic E-state index is 0.0403. The molecule has 2 aliphatic rings. The van der Waals surface area contributed by atoms with Gasteiger partial charge in [0.2, 0.25) is 23.6 Å². The van der Waals surface area contributed by atoms with Crippen molar-refractivity contribution in [3.63, 3.8) is 0 Å². The zero-order valence-electron chi connectivity index (χ0n) is 51.4. The second kappa shape index (κ2) is 28.3. The summed E-state index contributed by atoms with van der Waals surface area (Å²) in [6.45, 7) is 26.1. The summed E-state index contributed by atoms with van der Waals surface area (Å²) in [5, 5.41) is 40.3. The number of carbonyl (C=O) groups excluding carboxylic acids is 6. The third kappa shape index (κ3) is 17.3. The molecule has 6 amide bonds. The van der Waals surface area contributed by atoms with Gasteiger partial charge in [-0.3, -0.25) is 19.2 Å². The van der Waals surface area contributed by atoms with Crippen molar-refractivity contribution in [1.82, 2.24) is 51.3 Å². The van der Waals surface area contributed by atoms with Crippen molar-refractivity contribution in [3.8, 4) is 20.9 Å². The standard InChI is InChI=1S/2C31H41N5O6S/c2*1-17(2)26(25-12-22(35-42-25)14-32-30(40)41-31(5,6)7)29(39)36-15-23(37)13-24(36)28(38)34-18(3)20-8-10-21(11-9-20)27-19(4)33-16-43-27/h2*8-12,16-18,23-24,26,37H,13-15H2,1-7H3,(H,32,40)(H,34,38)/t18-,23+,24-,26?;18-,23+,24-,26+/m00/s1. The van der Waals surface area contributed by atoms with E-state index in [0.717, 1.165) is 43.4 Å². The minimum atomic E-state index is -0.832. The Bertz CT molecular complexity index is 3070. The van der Waals surface area contributed by atoms with Crippen LogP contribution in [0.15, 0.2) is 80.7 Å². The Morgan fingerprint density at radius 1 is 0.593 bits per heavy atom. The fraction of sp³-hybridized carbons (Fsp3) is 0.516. The lowest BCUT2D eigenvalue weighted by atomic mass is 9.91. The lowest BCUT2D eigenvalue weighted by Crippen LogP contribution is -2.48. The highest BCUT2D eigenvalue weighted by molar-refractivity contribution is 7.13. The van der Waals surface area contributed by atoms with Gasteiger partial charge in [-0.15, -0.1) is 22.7 Å². The van der Waals surface area contributed by atoms with Gasteiger partial charge in [0.1, 0.15) is 58.0 Å². The number of ether oxygens (including phenoxy) is 2. The second-order valence-electron chi connectivity index (χ2n) is 24.6. The van der Waals surface area contributed by atoms with E-state index in [9.17, 15) is 39.0 Å². The fourth-order valence-corrected chi connectivity index (χ4v) is 11.9. The molecule has 464 valence electrons. The SMILES string of the molecule is Cc1ncsc1-c1ccc([C@H](C)NC(=O)[C@@H]2C[C@@H](O)CN2C(=O)C(c2cc(CNC(=O)OC(C)(C)C)no2)C(C)C)cc1.Cc1ncsc1-c1ccc([C@H](C)NC(=O)[C@@H]2C[C@@H](O)CN2C(=O)[C@@H](c2cc(CNC(=O)OC(C)(C)C)no2)C(C)C)cc1. The maximum atomic E-state index is 13.9. The summed E-state index contributed by atoms with van der Waals surface area (Å²) in [5.41, 5.74) is 9.14. The van der Waals surface area contributed by atoms with Gasteiger partial charge < -0.3 is 59.8 Å². The van der Waals surface area contributed by atoms with Crippen LogP contribution < -0.4 is 21.3 Å². The third-order valence-electron chi connectivity index (χ3n) is 14.5. The van der Waals surface area contributed by atoms with E-state index >= 15 is 0 Å². The first-order valence-corrected chi connectivity index (χ1v) is 30.7. The molecule has 6 heterocycles. The van der Waals surface area contributed by atoms with Crippen LogP contribution in [0, 0.1) is 25.7 Å². The Hall–Kier alpha value is -7.54. The topological polar surface area (TPSA) is 294 Å². The molecule has 8 rings (SSSR count). The van der Waals surface area contributed by atoms with Crippen molar-refractivity contribution in [1.29, 1.82) is 0 Å². The van der Waals surface area contributed by atoms with E-state index in [1.807, 2.05) is 115 Å². The molecular formula is C62H82N10O12S2. The van der Waals surface area contributed by atoms with E-state index in [1.54, 1.807) is 76.3 Å². The summed E-state index contributed by atoms with van der Waals surface area (Å²) < 4.78 is 21.6. The van der Waals surface area contributed by atoms with Crippen molar-refractivity contribution >= 4 is 58.5 Å². The van der Waals surface area contributed by atoms with Crippen LogP contribution >= 0.6 is 22.7 Å². The molecule has 0 bridgehead atoms. The van der Waals surface area contributed by atoms with Crippen molar-refractivity contribution in [2.24, 2.45) is 11.8 Å². The average Bonchev–Trinajstić information content (AvgIpc) is 1.90. The van der Waals surface area contributed by atoms with Gasteiger partial charge in [-0.05, 0) is 103 Å². The first kappa shape index (κ1) is 66.0. The summed E-state index contributed by atoms with van der Waals surface area (Å²) in [4.78, 5) is 92.4. The van der Waals surface area contributed by atoms with E-state index < -0.39 is 59.5 Å². The molecule has 6 N–H and O–H groups in total. The van der Waals surface area contributed by atoms with Crippen molar-refractivity contribution < 1.29 is 57.5 Å². The Kier molecular flexibility index (Phi) is 21.7. The number of aliphatic hydroxyl groups is 2. The molecular weight excluding hydrogens is 1140 g/mol. The van der Waals surface area contributed by atoms with Crippen LogP contribution in [-0.2, 0) is 41.7 Å². The molecule has 0 spiro atoms. The number of aliphatic hydroxyl groups excluding tert-OH is 2. The number of nitrogens with one attached hydrogen (secondary N) is 4. The van der Waals surface area contributed by atoms with E-state index in [1.165, 1.54) is 9.80 Å². The first-order valence-electron chi connectivity index (χ1n) is 28.9. The van der Waals surface area contributed by atoms with Crippen LogP contribution in [0.5, 0.6) is 0 Å². The highest BCUT2D eigenvalue weighted by atomic mass is 32.1. The molecule has 22 nitrogen and oxygen atoms in total. The number of thiazole rings is 2. The number of aryl methyl sites for hydroxylation is 2. The zero-order chi connectivity index (χ0) is 62.9. The lowest BCUT2D eigenvalue weighted by Gasteiger charge is -2.29. The maximum Gasteiger partial charge on any atom is 0.407 e. The number of likely N-dealkylation sites (tertiary alicyclic amines) is 2. The summed E-state index contributed by atoms with van der Waals surface area (Å²) in [5.74, 6) is -2.51. The van der Waals surface area contributed by atoms with E-state index in [2.05, 4.69) is 41.5 Å². The predicted octanol–water partition coefficient (Wildman–Crippen LogP) is 9.42. The summed E-state index contributed by atoms with van der Waals surface area (Å²) in [6.07, 6.45) is -2.55.